The second kappa shape index (κ2) is 10.3. The second-order valence-corrected chi connectivity index (χ2v) is 6.72. The minimum Gasteiger partial charge on any atom is -0.469 e. The standard InChI is InChI=1S/C22H25FO5/c1-25-20(24)13-18-12-19(26-14-16-8-4-2-5-9-16)21(22(23)28-18)27-15-17-10-6-3-7-11-17/h2-11,18-19,21-22H,12-15H2,1H3/t18-,19-,21+,22+/m0/s1. The Hall–Kier alpha value is -2.28. The van der Waals surface area contributed by atoms with E-state index in [2.05, 4.69) is 4.74 Å². The van der Waals surface area contributed by atoms with Crippen molar-refractivity contribution in [1.82, 2.24) is 0 Å². The summed E-state index contributed by atoms with van der Waals surface area (Å²) in [4.78, 5) is 11.6. The van der Waals surface area contributed by atoms with Gasteiger partial charge in [-0.3, -0.25) is 4.79 Å². The van der Waals surface area contributed by atoms with Crippen molar-refractivity contribution in [3.63, 3.8) is 0 Å². The van der Waals surface area contributed by atoms with E-state index in [9.17, 15) is 9.18 Å². The molecule has 1 aliphatic rings. The lowest BCUT2D eigenvalue weighted by Crippen LogP contribution is -2.49. The molecule has 0 aliphatic carbocycles. The smallest absolute Gasteiger partial charge is 0.308 e. The number of hydrogen-bond donors (Lipinski definition) is 0. The molecule has 1 fully saturated rings. The number of carbonyl (C=O) groups is 1. The van der Waals surface area contributed by atoms with Crippen molar-refractivity contribution in [2.24, 2.45) is 0 Å². The highest BCUT2D eigenvalue weighted by molar-refractivity contribution is 5.69. The Kier molecular flexibility index (Phi) is 7.54. The van der Waals surface area contributed by atoms with Crippen molar-refractivity contribution < 1.29 is 28.1 Å². The van der Waals surface area contributed by atoms with Crippen LogP contribution in [0.15, 0.2) is 60.7 Å². The third kappa shape index (κ3) is 5.86. The molecule has 28 heavy (non-hydrogen) atoms. The molecule has 0 radical (unpaired) electrons. The van der Waals surface area contributed by atoms with E-state index >= 15 is 0 Å². The molecule has 0 aromatic heterocycles. The van der Waals surface area contributed by atoms with Crippen LogP contribution in [0.3, 0.4) is 0 Å². The summed E-state index contributed by atoms with van der Waals surface area (Å²) in [6.45, 7) is 0.580. The SMILES string of the molecule is COC(=O)C[C@@H]1C[C@H](OCc2ccccc2)[C@@H](OCc2ccccc2)[C@H](F)O1. The van der Waals surface area contributed by atoms with Crippen LogP contribution in [0.1, 0.15) is 24.0 Å². The van der Waals surface area contributed by atoms with Crippen molar-refractivity contribution in [3.8, 4) is 0 Å². The summed E-state index contributed by atoms with van der Waals surface area (Å²) < 4.78 is 36.6. The van der Waals surface area contributed by atoms with Gasteiger partial charge in [0.1, 0.15) is 6.10 Å². The lowest BCUT2D eigenvalue weighted by molar-refractivity contribution is -0.246. The first-order valence-corrected chi connectivity index (χ1v) is 9.33. The van der Waals surface area contributed by atoms with Crippen LogP contribution in [-0.4, -0.2) is 37.7 Å². The maximum Gasteiger partial charge on any atom is 0.308 e. The van der Waals surface area contributed by atoms with Gasteiger partial charge < -0.3 is 18.9 Å². The highest BCUT2D eigenvalue weighted by Crippen LogP contribution is 2.29. The van der Waals surface area contributed by atoms with Crippen LogP contribution in [0, 0.1) is 0 Å². The van der Waals surface area contributed by atoms with Crippen molar-refractivity contribution in [2.45, 2.75) is 50.7 Å². The van der Waals surface area contributed by atoms with Gasteiger partial charge in [0.25, 0.3) is 0 Å². The van der Waals surface area contributed by atoms with E-state index < -0.39 is 30.6 Å². The van der Waals surface area contributed by atoms with Crippen LogP contribution in [-0.2, 0) is 37.0 Å². The lowest BCUT2D eigenvalue weighted by Gasteiger charge is -2.38. The summed E-state index contributed by atoms with van der Waals surface area (Å²) in [7, 11) is 1.30. The van der Waals surface area contributed by atoms with E-state index in [1.807, 2.05) is 60.7 Å². The van der Waals surface area contributed by atoms with Crippen molar-refractivity contribution in [3.05, 3.63) is 71.8 Å². The van der Waals surface area contributed by atoms with E-state index in [4.69, 9.17) is 14.2 Å². The van der Waals surface area contributed by atoms with Gasteiger partial charge in [-0.2, -0.15) is 0 Å². The Morgan fingerprint density at radius 3 is 2.14 bits per heavy atom. The Morgan fingerprint density at radius 1 is 1.00 bits per heavy atom. The van der Waals surface area contributed by atoms with Gasteiger partial charge in [-0.15, -0.1) is 0 Å². The van der Waals surface area contributed by atoms with E-state index in [1.54, 1.807) is 0 Å². The average molecular weight is 388 g/mol. The molecule has 1 heterocycles. The molecule has 6 heteroatoms. The largest absolute Gasteiger partial charge is 0.469 e. The van der Waals surface area contributed by atoms with E-state index in [0.717, 1.165) is 11.1 Å². The van der Waals surface area contributed by atoms with Gasteiger partial charge in [0.15, 0.2) is 0 Å². The number of benzene rings is 2. The number of rotatable bonds is 8. The Bertz CT molecular complexity index is 724. The zero-order valence-corrected chi connectivity index (χ0v) is 15.8. The van der Waals surface area contributed by atoms with Gasteiger partial charge in [0.2, 0.25) is 6.36 Å². The number of alkyl halides is 1. The minimum absolute atomic E-state index is 0.0203. The van der Waals surface area contributed by atoms with Crippen LogP contribution in [0.4, 0.5) is 4.39 Å². The third-order valence-electron chi connectivity index (χ3n) is 4.66. The highest BCUT2D eigenvalue weighted by Gasteiger charge is 2.41. The molecule has 2 aromatic rings. The number of esters is 1. The lowest BCUT2D eigenvalue weighted by atomic mass is 10.00. The van der Waals surface area contributed by atoms with Crippen LogP contribution >= 0.6 is 0 Å². The Labute approximate surface area is 164 Å². The van der Waals surface area contributed by atoms with Crippen LogP contribution in [0.5, 0.6) is 0 Å². The monoisotopic (exact) mass is 388 g/mol. The van der Waals surface area contributed by atoms with Gasteiger partial charge in [-0.1, -0.05) is 60.7 Å². The summed E-state index contributed by atoms with van der Waals surface area (Å²) in [5.41, 5.74) is 1.92. The van der Waals surface area contributed by atoms with Gasteiger partial charge in [-0.25, -0.2) is 4.39 Å². The molecule has 3 rings (SSSR count). The van der Waals surface area contributed by atoms with Gasteiger partial charge in [0, 0.05) is 6.42 Å². The van der Waals surface area contributed by atoms with Gasteiger partial charge in [-0.05, 0) is 11.1 Å². The maximum absolute atomic E-state index is 14.8. The molecular weight excluding hydrogens is 363 g/mol. The molecule has 0 amide bonds. The summed E-state index contributed by atoms with van der Waals surface area (Å²) in [5, 5.41) is 0. The fourth-order valence-electron chi connectivity index (χ4n) is 3.17. The normalized spacial score (nSPS) is 24.6. The summed E-state index contributed by atoms with van der Waals surface area (Å²) >= 11 is 0. The van der Waals surface area contributed by atoms with E-state index in [0.29, 0.717) is 13.0 Å². The molecule has 150 valence electrons. The van der Waals surface area contributed by atoms with E-state index in [1.165, 1.54) is 7.11 Å². The zero-order chi connectivity index (χ0) is 19.8. The number of halogens is 1. The molecule has 0 unspecified atom stereocenters. The molecule has 1 aliphatic heterocycles. The molecule has 5 nitrogen and oxygen atoms in total. The highest BCUT2D eigenvalue weighted by atomic mass is 19.1. The predicted octanol–water partition coefficient (Wildman–Crippen LogP) is 3.80. The first-order valence-electron chi connectivity index (χ1n) is 9.33. The Morgan fingerprint density at radius 2 is 1.57 bits per heavy atom. The average Bonchev–Trinajstić information content (AvgIpc) is 2.73. The fraction of sp³-hybridized carbons (Fsp3) is 0.409. The molecule has 0 saturated carbocycles. The fourth-order valence-corrected chi connectivity index (χ4v) is 3.17. The zero-order valence-electron chi connectivity index (χ0n) is 15.8. The van der Waals surface area contributed by atoms with Crippen LogP contribution in [0.25, 0.3) is 0 Å². The topological polar surface area (TPSA) is 54.0 Å². The predicted molar refractivity (Wildman–Crippen MR) is 101 cm³/mol. The quantitative estimate of drug-likeness (QED) is 0.644. The maximum atomic E-state index is 14.8. The number of methoxy groups -OCH3 is 1. The minimum atomic E-state index is -1.69. The first-order chi connectivity index (χ1) is 13.7. The molecular formula is C22H25FO5. The summed E-state index contributed by atoms with van der Waals surface area (Å²) in [5.74, 6) is -0.442. The summed E-state index contributed by atoms with van der Waals surface area (Å²) in [6.07, 6.45) is -3.39. The Balaban J connectivity index is 1.66. The van der Waals surface area contributed by atoms with Crippen molar-refractivity contribution in [1.29, 1.82) is 0 Å². The van der Waals surface area contributed by atoms with Gasteiger partial charge >= 0.3 is 5.97 Å². The first kappa shape index (κ1) is 20.5. The van der Waals surface area contributed by atoms with Crippen molar-refractivity contribution in [2.75, 3.05) is 7.11 Å². The summed E-state index contributed by atoms with van der Waals surface area (Å²) in [6, 6.07) is 19.2. The number of hydrogen-bond acceptors (Lipinski definition) is 5. The van der Waals surface area contributed by atoms with Crippen LogP contribution < -0.4 is 0 Å². The molecule has 1 saturated heterocycles. The number of carbonyl (C=O) groups excluding carboxylic acids is 1. The molecule has 0 bridgehead atoms. The molecule has 0 N–H and O–H groups in total. The second-order valence-electron chi connectivity index (χ2n) is 6.72. The molecule has 2 aromatic carbocycles. The van der Waals surface area contributed by atoms with Crippen LogP contribution in [0.2, 0.25) is 0 Å². The van der Waals surface area contributed by atoms with E-state index in [-0.39, 0.29) is 13.0 Å². The molecule has 0 spiro atoms. The molecule has 4 atom stereocenters. The van der Waals surface area contributed by atoms with Gasteiger partial charge in [0.05, 0.1) is 39.0 Å². The number of ether oxygens (including phenoxy) is 4. The van der Waals surface area contributed by atoms with Crippen molar-refractivity contribution >= 4 is 5.97 Å². The third-order valence-corrected chi connectivity index (χ3v) is 4.66.